The molecule has 11 heteroatoms. The van der Waals surface area contributed by atoms with Crippen LogP contribution >= 0.6 is 11.3 Å². The number of hydrogen-bond acceptors (Lipinski definition) is 7. The quantitative estimate of drug-likeness (QED) is 0.268. The Kier molecular flexibility index (Phi) is 9.58. The third-order valence-electron chi connectivity index (χ3n) is 6.49. The van der Waals surface area contributed by atoms with Crippen LogP contribution in [-0.2, 0) is 21.2 Å². The van der Waals surface area contributed by atoms with E-state index in [0.717, 1.165) is 49.5 Å². The average Bonchev–Trinajstić information content (AvgIpc) is 3.40. The molecule has 2 aromatic rings. The van der Waals surface area contributed by atoms with Crippen LogP contribution in [0.1, 0.15) is 97.6 Å². The van der Waals surface area contributed by atoms with Gasteiger partial charge in [0.05, 0.1) is 18.8 Å². The monoisotopic (exact) mass is 571 g/mol. The Bertz CT molecular complexity index is 1130. The number of halogens is 3. The molecule has 1 amide bonds. The van der Waals surface area contributed by atoms with E-state index in [1.165, 1.54) is 11.0 Å². The lowest BCUT2D eigenvalue weighted by Gasteiger charge is -2.39. The van der Waals surface area contributed by atoms with Crippen molar-refractivity contribution in [3.8, 4) is 16.3 Å². The van der Waals surface area contributed by atoms with Gasteiger partial charge in [-0.3, -0.25) is 4.90 Å². The minimum absolute atomic E-state index is 0.132. The van der Waals surface area contributed by atoms with Gasteiger partial charge in [-0.05, 0) is 66.2 Å². The second-order valence-electron chi connectivity index (χ2n) is 11.6. The van der Waals surface area contributed by atoms with Crippen LogP contribution in [0.25, 0.3) is 10.6 Å². The molecule has 1 saturated heterocycles. The van der Waals surface area contributed by atoms with E-state index in [2.05, 4.69) is 17.1 Å². The predicted octanol–water partition coefficient (Wildman–Crippen LogP) is 8.18. The summed E-state index contributed by atoms with van der Waals surface area (Å²) in [6.45, 7) is 13.1. The predicted molar refractivity (Wildman–Crippen MR) is 145 cm³/mol. The molecule has 0 radical (unpaired) electrons. The Morgan fingerprint density at radius 2 is 1.74 bits per heavy atom. The number of ether oxygens (including phenoxy) is 3. The van der Waals surface area contributed by atoms with Gasteiger partial charge in [0.2, 0.25) is 0 Å². The van der Waals surface area contributed by atoms with Gasteiger partial charge >= 0.3 is 12.3 Å². The molecule has 1 aliphatic heterocycles. The maximum Gasteiger partial charge on any atom is 0.419 e. The molecule has 3 rings (SSSR count). The number of unbranched alkanes of at least 4 members (excludes halogenated alkanes) is 5. The second kappa shape index (κ2) is 12.0. The Hall–Kier alpha value is -2.40. The zero-order valence-electron chi connectivity index (χ0n) is 23.9. The Morgan fingerprint density at radius 1 is 1.08 bits per heavy atom. The van der Waals surface area contributed by atoms with Crippen LogP contribution in [0.2, 0.25) is 0 Å². The Labute approximate surface area is 233 Å². The van der Waals surface area contributed by atoms with Crippen molar-refractivity contribution < 1.29 is 32.2 Å². The number of amides is 1. The highest BCUT2D eigenvalue weighted by Crippen LogP contribution is 2.45. The summed E-state index contributed by atoms with van der Waals surface area (Å²) < 4.78 is 58.9. The molecule has 218 valence electrons. The van der Waals surface area contributed by atoms with Crippen LogP contribution in [-0.4, -0.2) is 45.7 Å². The number of rotatable bonds is 10. The fraction of sp³-hybridized carbons (Fsp3) is 0.679. The zero-order chi connectivity index (χ0) is 29.1. The molecule has 1 aliphatic rings. The summed E-state index contributed by atoms with van der Waals surface area (Å²) in [6, 6.07) is 3.94. The molecule has 0 unspecified atom stereocenters. The lowest BCUT2D eigenvalue weighted by atomic mass is 10.0. The van der Waals surface area contributed by atoms with Crippen molar-refractivity contribution in [3.63, 3.8) is 0 Å². The molecule has 0 aliphatic carbocycles. The molecule has 0 N–H and O–H groups in total. The molecule has 0 bridgehead atoms. The standard InChI is InChI=1S/C28H40F3N3O4S/c1-8-9-10-11-12-13-16-36-21-15-14-19(17-20(21)28(29,30)31)22-32-33-23(39-22)27(7)18-37-26(5,6)34(27)24(35)38-25(2,3)4/h14-15,17H,8-13,16,18H2,1-7H3/t27-/m0/s1. The maximum absolute atomic E-state index is 13.9. The summed E-state index contributed by atoms with van der Waals surface area (Å²) >= 11 is 1.12. The molecule has 1 fully saturated rings. The van der Waals surface area contributed by atoms with Gasteiger partial charge in [0.15, 0.2) is 0 Å². The average molecular weight is 572 g/mol. The molecular weight excluding hydrogens is 531 g/mol. The fourth-order valence-electron chi connectivity index (χ4n) is 4.56. The van der Waals surface area contributed by atoms with Crippen LogP contribution in [0.15, 0.2) is 18.2 Å². The van der Waals surface area contributed by atoms with E-state index in [9.17, 15) is 18.0 Å². The summed E-state index contributed by atoms with van der Waals surface area (Å²) in [5.74, 6) is -0.196. The molecular formula is C28H40F3N3O4S. The highest BCUT2D eigenvalue weighted by atomic mass is 32.1. The number of nitrogens with zero attached hydrogens (tertiary/aromatic N) is 3. The third kappa shape index (κ3) is 7.63. The second-order valence-corrected chi connectivity index (χ2v) is 12.5. The molecule has 1 atom stereocenters. The van der Waals surface area contributed by atoms with E-state index < -0.39 is 34.7 Å². The summed E-state index contributed by atoms with van der Waals surface area (Å²) in [7, 11) is 0. The molecule has 0 spiro atoms. The number of aromatic nitrogens is 2. The summed E-state index contributed by atoms with van der Waals surface area (Å²) in [5.41, 5.74) is -3.32. The van der Waals surface area contributed by atoms with E-state index in [1.807, 2.05) is 0 Å². The Balaban J connectivity index is 1.83. The first-order valence-corrected chi connectivity index (χ1v) is 14.3. The minimum Gasteiger partial charge on any atom is -0.493 e. The fourth-order valence-corrected chi connectivity index (χ4v) is 5.52. The molecule has 2 heterocycles. The van der Waals surface area contributed by atoms with E-state index in [-0.39, 0.29) is 24.5 Å². The van der Waals surface area contributed by atoms with Crippen LogP contribution in [0.5, 0.6) is 5.75 Å². The lowest BCUT2D eigenvalue weighted by Crippen LogP contribution is -2.54. The maximum atomic E-state index is 13.9. The SMILES string of the molecule is CCCCCCCCOc1ccc(-c2nnc([C@]3(C)COC(C)(C)N3C(=O)OC(C)(C)C)s2)cc1C(F)(F)F. The van der Waals surface area contributed by atoms with E-state index in [4.69, 9.17) is 14.2 Å². The van der Waals surface area contributed by atoms with Crippen molar-refractivity contribution >= 4 is 17.4 Å². The summed E-state index contributed by atoms with van der Waals surface area (Å²) in [4.78, 5) is 14.6. The van der Waals surface area contributed by atoms with Crippen molar-refractivity contribution in [2.45, 2.75) is 110 Å². The number of carbonyl (C=O) groups excluding carboxylic acids is 1. The topological polar surface area (TPSA) is 73.8 Å². The molecule has 0 saturated carbocycles. The number of alkyl halides is 3. The highest BCUT2D eigenvalue weighted by Gasteiger charge is 2.55. The molecule has 1 aromatic carbocycles. The van der Waals surface area contributed by atoms with Crippen LogP contribution in [0.4, 0.5) is 18.0 Å². The lowest BCUT2D eigenvalue weighted by molar-refractivity contribution is -0.138. The number of carbonyl (C=O) groups is 1. The van der Waals surface area contributed by atoms with Gasteiger partial charge in [-0.2, -0.15) is 13.2 Å². The van der Waals surface area contributed by atoms with Crippen molar-refractivity contribution in [2.75, 3.05) is 13.2 Å². The normalized spacial score (nSPS) is 19.4. The van der Waals surface area contributed by atoms with Crippen molar-refractivity contribution in [1.29, 1.82) is 0 Å². The van der Waals surface area contributed by atoms with Crippen molar-refractivity contribution in [3.05, 3.63) is 28.8 Å². The van der Waals surface area contributed by atoms with Crippen LogP contribution < -0.4 is 4.74 Å². The van der Waals surface area contributed by atoms with E-state index in [0.29, 0.717) is 16.4 Å². The van der Waals surface area contributed by atoms with Crippen molar-refractivity contribution in [2.24, 2.45) is 0 Å². The highest BCUT2D eigenvalue weighted by molar-refractivity contribution is 7.14. The Morgan fingerprint density at radius 3 is 2.38 bits per heavy atom. The van der Waals surface area contributed by atoms with Gasteiger partial charge < -0.3 is 14.2 Å². The van der Waals surface area contributed by atoms with Gasteiger partial charge in [-0.1, -0.05) is 50.4 Å². The first kappa shape index (κ1) is 31.1. The van der Waals surface area contributed by atoms with Gasteiger partial charge in [0.25, 0.3) is 0 Å². The minimum atomic E-state index is -4.59. The first-order valence-electron chi connectivity index (χ1n) is 13.4. The number of hydrogen-bond donors (Lipinski definition) is 0. The molecule has 39 heavy (non-hydrogen) atoms. The third-order valence-corrected chi connectivity index (χ3v) is 7.71. The van der Waals surface area contributed by atoms with Gasteiger partial charge in [0, 0.05) is 5.56 Å². The van der Waals surface area contributed by atoms with Crippen LogP contribution in [0.3, 0.4) is 0 Å². The number of benzene rings is 1. The zero-order valence-corrected chi connectivity index (χ0v) is 24.7. The molecule has 7 nitrogen and oxygen atoms in total. The van der Waals surface area contributed by atoms with E-state index in [1.54, 1.807) is 47.6 Å². The smallest absolute Gasteiger partial charge is 0.419 e. The van der Waals surface area contributed by atoms with Crippen LogP contribution in [0, 0.1) is 0 Å². The summed E-state index contributed by atoms with van der Waals surface area (Å²) in [5, 5.41) is 9.19. The first-order chi connectivity index (χ1) is 18.1. The van der Waals surface area contributed by atoms with Gasteiger partial charge in [-0.25, -0.2) is 4.79 Å². The van der Waals surface area contributed by atoms with Gasteiger partial charge in [-0.15, -0.1) is 10.2 Å². The molecule has 1 aromatic heterocycles. The van der Waals surface area contributed by atoms with Gasteiger partial charge in [0.1, 0.15) is 32.6 Å². The summed E-state index contributed by atoms with van der Waals surface area (Å²) in [6.07, 6.45) is 0.936. The largest absolute Gasteiger partial charge is 0.493 e. The van der Waals surface area contributed by atoms with Crippen molar-refractivity contribution in [1.82, 2.24) is 15.1 Å². The van der Waals surface area contributed by atoms with E-state index >= 15 is 0 Å².